The Bertz CT molecular complexity index is 565. The van der Waals surface area contributed by atoms with Crippen molar-refractivity contribution in [2.24, 2.45) is 4.99 Å². The lowest BCUT2D eigenvalue weighted by Crippen LogP contribution is -2.05. The molecule has 4 nitrogen and oxygen atoms in total. The number of carbonyl (C=O) groups is 1. The maximum absolute atomic E-state index is 13.6. The third-order valence-corrected chi connectivity index (χ3v) is 2.44. The SMILES string of the molecule is CC(=O)C(/C=N/CO)=C(\O)c1cc(C)c(F)cc1F. The molecule has 0 heterocycles. The first-order chi connectivity index (χ1) is 8.88. The van der Waals surface area contributed by atoms with Crippen LogP contribution in [0.1, 0.15) is 18.1 Å². The summed E-state index contributed by atoms with van der Waals surface area (Å²) in [5, 5.41) is 18.4. The minimum Gasteiger partial charge on any atom is -0.506 e. The zero-order chi connectivity index (χ0) is 14.6. The lowest BCUT2D eigenvalue weighted by Gasteiger charge is -2.07. The van der Waals surface area contributed by atoms with Gasteiger partial charge in [0.2, 0.25) is 0 Å². The van der Waals surface area contributed by atoms with Gasteiger partial charge < -0.3 is 10.2 Å². The predicted octanol–water partition coefficient (Wildman–Crippen LogP) is 2.15. The molecule has 0 aliphatic rings. The van der Waals surface area contributed by atoms with E-state index in [1.807, 2.05) is 0 Å². The number of aryl methyl sites for hydroxylation is 1. The number of hydrogen-bond acceptors (Lipinski definition) is 4. The van der Waals surface area contributed by atoms with E-state index in [-0.39, 0.29) is 16.7 Å². The van der Waals surface area contributed by atoms with Gasteiger partial charge >= 0.3 is 0 Å². The van der Waals surface area contributed by atoms with Crippen LogP contribution >= 0.6 is 0 Å². The van der Waals surface area contributed by atoms with Crippen molar-refractivity contribution in [2.45, 2.75) is 13.8 Å². The van der Waals surface area contributed by atoms with Gasteiger partial charge in [0.05, 0.1) is 11.1 Å². The Morgan fingerprint density at radius 1 is 1.37 bits per heavy atom. The van der Waals surface area contributed by atoms with E-state index in [2.05, 4.69) is 4.99 Å². The Morgan fingerprint density at radius 2 is 2.00 bits per heavy atom. The molecule has 102 valence electrons. The first kappa shape index (κ1) is 15.0. The Labute approximate surface area is 108 Å². The Morgan fingerprint density at radius 3 is 2.53 bits per heavy atom. The van der Waals surface area contributed by atoms with E-state index in [9.17, 15) is 18.7 Å². The van der Waals surface area contributed by atoms with Crippen molar-refractivity contribution in [1.82, 2.24) is 0 Å². The van der Waals surface area contributed by atoms with E-state index < -0.39 is 29.9 Å². The minimum absolute atomic E-state index is 0.130. The molecule has 0 saturated heterocycles. The molecule has 0 spiro atoms. The largest absolute Gasteiger partial charge is 0.506 e. The topological polar surface area (TPSA) is 69.9 Å². The number of aliphatic imine (C=N–C) groups is 1. The highest BCUT2D eigenvalue weighted by Crippen LogP contribution is 2.22. The molecule has 0 unspecified atom stereocenters. The monoisotopic (exact) mass is 269 g/mol. The van der Waals surface area contributed by atoms with Crippen molar-refractivity contribution < 1.29 is 23.8 Å². The molecule has 1 rings (SSSR count). The minimum atomic E-state index is -0.989. The van der Waals surface area contributed by atoms with E-state index >= 15 is 0 Å². The van der Waals surface area contributed by atoms with Crippen LogP contribution in [-0.2, 0) is 4.79 Å². The zero-order valence-electron chi connectivity index (χ0n) is 10.4. The molecule has 1 aromatic rings. The summed E-state index contributed by atoms with van der Waals surface area (Å²) < 4.78 is 26.7. The predicted molar refractivity (Wildman–Crippen MR) is 66.9 cm³/mol. The third kappa shape index (κ3) is 3.45. The van der Waals surface area contributed by atoms with Gasteiger partial charge in [-0.15, -0.1) is 0 Å². The van der Waals surface area contributed by atoms with Crippen LogP contribution < -0.4 is 0 Å². The molecule has 0 aliphatic heterocycles. The summed E-state index contributed by atoms with van der Waals surface area (Å²) in [7, 11) is 0. The van der Waals surface area contributed by atoms with Gasteiger partial charge in [-0.05, 0) is 25.5 Å². The summed E-state index contributed by atoms with van der Waals surface area (Å²) in [5.41, 5.74) is -0.433. The highest BCUT2D eigenvalue weighted by Gasteiger charge is 2.16. The number of hydrogen-bond donors (Lipinski definition) is 2. The Hall–Kier alpha value is -2.08. The number of aliphatic hydroxyl groups excluding tert-OH is 2. The lowest BCUT2D eigenvalue weighted by atomic mass is 10.0. The molecule has 0 amide bonds. The second-order valence-electron chi connectivity index (χ2n) is 3.85. The quantitative estimate of drug-likeness (QED) is 0.500. The standard InChI is InChI=1S/C13H13F2NO3/c1-7-3-9(12(15)4-11(7)14)13(19)10(8(2)18)5-16-6-17/h3-5,17,19H,6H2,1-2H3/b13-10-,16-5+. The lowest BCUT2D eigenvalue weighted by molar-refractivity contribution is -0.113. The first-order valence-electron chi connectivity index (χ1n) is 5.39. The number of benzene rings is 1. The van der Waals surface area contributed by atoms with Crippen LogP contribution in [0, 0.1) is 18.6 Å². The summed E-state index contributed by atoms with van der Waals surface area (Å²) >= 11 is 0. The van der Waals surface area contributed by atoms with Crippen molar-refractivity contribution in [3.05, 3.63) is 40.5 Å². The molecule has 0 saturated carbocycles. The number of carbonyl (C=O) groups excluding carboxylic acids is 1. The fourth-order valence-corrected chi connectivity index (χ4v) is 1.43. The number of Topliss-reactive ketones (excluding diaryl/α,β-unsaturated/α-hetero) is 1. The normalized spacial score (nSPS) is 12.7. The van der Waals surface area contributed by atoms with E-state index in [4.69, 9.17) is 5.11 Å². The van der Waals surface area contributed by atoms with Crippen LogP contribution in [0.2, 0.25) is 0 Å². The van der Waals surface area contributed by atoms with E-state index in [1.54, 1.807) is 0 Å². The zero-order valence-corrected chi connectivity index (χ0v) is 10.4. The van der Waals surface area contributed by atoms with Gasteiger partial charge in [0.25, 0.3) is 0 Å². The van der Waals surface area contributed by atoms with Gasteiger partial charge in [-0.1, -0.05) is 0 Å². The van der Waals surface area contributed by atoms with Crippen LogP contribution in [0.15, 0.2) is 22.7 Å². The van der Waals surface area contributed by atoms with Gasteiger partial charge in [-0.25, -0.2) is 8.78 Å². The molecule has 0 radical (unpaired) electrons. The number of ketones is 1. The number of rotatable bonds is 4. The van der Waals surface area contributed by atoms with Crippen molar-refractivity contribution in [1.29, 1.82) is 0 Å². The molecule has 0 atom stereocenters. The van der Waals surface area contributed by atoms with Crippen molar-refractivity contribution in [2.75, 3.05) is 6.73 Å². The second kappa shape index (κ2) is 6.19. The molecular formula is C13H13F2NO3. The van der Waals surface area contributed by atoms with Gasteiger partial charge in [0.1, 0.15) is 24.1 Å². The molecule has 19 heavy (non-hydrogen) atoms. The maximum Gasteiger partial charge on any atom is 0.165 e. The highest BCUT2D eigenvalue weighted by atomic mass is 19.1. The maximum atomic E-state index is 13.6. The summed E-state index contributed by atoms with van der Waals surface area (Å²) in [6.07, 6.45) is 0.940. The number of allylic oxidation sites excluding steroid dienone is 1. The van der Waals surface area contributed by atoms with E-state index in [0.29, 0.717) is 6.07 Å². The fraction of sp³-hybridized carbons (Fsp3) is 0.231. The fourth-order valence-electron chi connectivity index (χ4n) is 1.43. The van der Waals surface area contributed by atoms with Crippen LogP contribution in [0.3, 0.4) is 0 Å². The Balaban J connectivity index is 3.44. The number of halogens is 2. The second-order valence-corrected chi connectivity index (χ2v) is 3.85. The van der Waals surface area contributed by atoms with Crippen LogP contribution in [0.4, 0.5) is 8.78 Å². The summed E-state index contributed by atoms with van der Waals surface area (Å²) in [6, 6.07) is 1.72. The molecule has 1 aromatic carbocycles. The van der Waals surface area contributed by atoms with Crippen molar-refractivity contribution >= 4 is 17.8 Å². The third-order valence-electron chi connectivity index (χ3n) is 2.44. The number of nitrogens with zero attached hydrogens (tertiary/aromatic N) is 1. The van der Waals surface area contributed by atoms with Crippen molar-refractivity contribution in [3.8, 4) is 0 Å². The summed E-state index contributed by atoms with van der Waals surface area (Å²) in [6.45, 7) is 1.99. The van der Waals surface area contributed by atoms with Crippen LogP contribution in [-0.4, -0.2) is 28.9 Å². The van der Waals surface area contributed by atoms with Gasteiger partial charge in [-0.3, -0.25) is 9.79 Å². The van der Waals surface area contributed by atoms with E-state index in [0.717, 1.165) is 19.2 Å². The van der Waals surface area contributed by atoms with Crippen LogP contribution in [0.5, 0.6) is 0 Å². The Kier molecular flexibility index (Phi) is 4.88. The first-order valence-corrected chi connectivity index (χ1v) is 5.39. The molecule has 6 heteroatoms. The smallest absolute Gasteiger partial charge is 0.165 e. The summed E-state index contributed by atoms with van der Waals surface area (Å²) in [5.74, 6) is -2.94. The highest BCUT2D eigenvalue weighted by molar-refractivity contribution is 6.17. The molecule has 0 fully saturated rings. The number of aliphatic hydroxyl groups is 2. The summed E-state index contributed by atoms with van der Waals surface area (Å²) in [4.78, 5) is 14.7. The van der Waals surface area contributed by atoms with Gasteiger partial charge in [0, 0.05) is 12.3 Å². The molecule has 2 N–H and O–H groups in total. The molecular weight excluding hydrogens is 256 g/mol. The van der Waals surface area contributed by atoms with E-state index in [1.165, 1.54) is 6.92 Å². The molecule has 0 bridgehead atoms. The van der Waals surface area contributed by atoms with Gasteiger partial charge in [-0.2, -0.15) is 0 Å². The van der Waals surface area contributed by atoms with Gasteiger partial charge in [0.15, 0.2) is 5.78 Å². The average molecular weight is 269 g/mol. The van der Waals surface area contributed by atoms with Crippen LogP contribution in [0.25, 0.3) is 5.76 Å². The van der Waals surface area contributed by atoms with Crippen molar-refractivity contribution in [3.63, 3.8) is 0 Å². The molecule has 0 aliphatic carbocycles. The average Bonchev–Trinajstić information content (AvgIpc) is 2.33. The molecule has 0 aromatic heterocycles.